The van der Waals surface area contributed by atoms with E-state index >= 15 is 0 Å². The molecule has 0 saturated carbocycles. The Labute approximate surface area is 110 Å². The minimum absolute atomic E-state index is 0.0950. The highest BCUT2D eigenvalue weighted by Crippen LogP contribution is 2.06. The first-order chi connectivity index (χ1) is 8.37. The van der Waals surface area contributed by atoms with Gasteiger partial charge in [-0.3, -0.25) is 4.68 Å². The average Bonchev–Trinajstić information content (AvgIpc) is 2.63. The molecular formula is C13H26N4O. The van der Waals surface area contributed by atoms with Crippen molar-refractivity contribution in [3.8, 4) is 0 Å². The summed E-state index contributed by atoms with van der Waals surface area (Å²) in [6.07, 6.45) is 1.76. The van der Waals surface area contributed by atoms with Gasteiger partial charge in [-0.2, -0.15) is 5.10 Å². The third-order valence-electron chi connectivity index (χ3n) is 2.28. The summed E-state index contributed by atoms with van der Waals surface area (Å²) in [4.78, 5) is 4.26. The van der Waals surface area contributed by atoms with Gasteiger partial charge in [0.25, 0.3) is 0 Å². The fourth-order valence-corrected chi connectivity index (χ4v) is 1.44. The van der Waals surface area contributed by atoms with E-state index in [-0.39, 0.29) is 5.60 Å². The number of nitrogens with zero attached hydrogens (tertiary/aromatic N) is 3. The van der Waals surface area contributed by atoms with Gasteiger partial charge < -0.3 is 10.1 Å². The van der Waals surface area contributed by atoms with Crippen molar-refractivity contribution in [2.75, 3.05) is 13.2 Å². The number of rotatable bonds is 7. The first-order valence-electron chi connectivity index (χ1n) is 6.60. The molecule has 0 aliphatic carbocycles. The van der Waals surface area contributed by atoms with Gasteiger partial charge in [0.05, 0.1) is 25.3 Å². The largest absolute Gasteiger partial charge is 0.374 e. The Morgan fingerprint density at radius 2 is 2.11 bits per heavy atom. The van der Waals surface area contributed by atoms with Crippen LogP contribution in [-0.2, 0) is 17.8 Å². The average molecular weight is 254 g/mol. The highest BCUT2D eigenvalue weighted by atomic mass is 16.5. The van der Waals surface area contributed by atoms with E-state index in [9.17, 15) is 0 Å². The lowest BCUT2D eigenvalue weighted by Gasteiger charge is -2.19. The van der Waals surface area contributed by atoms with Crippen molar-refractivity contribution < 1.29 is 4.74 Å². The summed E-state index contributed by atoms with van der Waals surface area (Å²) < 4.78 is 7.48. The van der Waals surface area contributed by atoms with Crippen LogP contribution >= 0.6 is 0 Å². The van der Waals surface area contributed by atoms with Crippen molar-refractivity contribution in [3.63, 3.8) is 0 Å². The van der Waals surface area contributed by atoms with Gasteiger partial charge in [-0.1, -0.05) is 13.8 Å². The number of nitrogens with one attached hydrogen (secondary N) is 1. The van der Waals surface area contributed by atoms with E-state index in [1.165, 1.54) is 0 Å². The highest BCUT2D eigenvalue weighted by Gasteiger charge is 2.09. The van der Waals surface area contributed by atoms with Crippen molar-refractivity contribution >= 4 is 0 Å². The quantitative estimate of drug-likeness (QED) is 0.806. The molecule has 0 bridgehead atoms. The van der Waals surface area contributed by atoms with Crippen LogP contribution in [0.15, 0.2) is 6.33 Å². The molecular weight excluding hydrogens is 228 g/mol. The van der Waals surface area contributed by atoms with Gasteiger partial charge in [0.2, 0.25) is 0 Å². The molecule has 0 aromatic carbocycles. The Hall–Kier alpha value is -0.940. The van der Waals surface area contributed by atoms with E-state index < -0.39 is 0 Å². The third-order valence-corrected chi connectivity index (χ3v) is 2.28. The van der Waals surface area contributed by atoms with Crippen molar-refractivity contribution in [1.29, 1.82) is 0 Å². The van der Waals surface area contributed by atoms with Crippen molar-refractivity contribution in [2.45, 2.75) is 53.3 Å². The van der Waals surface area contributed by atoms with Crippen LogP contribution in [0.4, 0.5) is 0 Å². The van der Waals surface area contributed by atoms with Gasteiger partial charge in [0.15, 0.2) is 5.82 Å². The van der Waals surface area contributed by atoms with E-state index in [1.807, 2.05) is 4.68 Å². The molecule has 0 radical (unpaired) electrons. The van der Waals surface area contributed by atoms with Gasteiger partial charge in [-0.25, -0.2) is 4.98 Å². The van der Waals surface area contributed by atoms with E-state index in [0.29, 0.717) is 12.5 Å². The summed E-state index contributed by atoms with van der Waals surface area (Å²) in [5.74, 6) is 1.48. The van der Waals surface area contributed by atoms with Crippen molar-refractivity contribution in [2.24, 2.45) is 5.92 Å². The molecule has 0 aliphatic rings. The molecule has 0 spiro atoms. The minimum Gasteiger partial charge on any atom is -0.374 e. The topological polar surface area (TPSA) is 52.0 Å². The fourth-order valence-electron chi connectivity index (χ4n) is 1.44. The predicted octanol–water partition coefficient (Wildman–Crippen LogP) is 1.84. The summed E-state index contributed by atoms with van der Waals surface area (Å²) in [5.41, 5.74) is -0.0950. The van der Waals surface area contributed by atoms with Crippen molar-refractivity contribution in [3.05, 3.63) is 12.2 Å². The molecule has 0 saturated heterocycles. The van der Waals surface area contributed by atoms with E-state index in [4.69, 9.17) is 4.74 Å². The van der Waals surface area contributed by atoms with Gasteiger partial charge in [-0.15, -0.1) is 0 Å². The second-order valence-corrected chi connectivity index (χ2v) is 5.91. The van der Waals surface area contributed by atoms with Crippen LogP contribution in [0.2, 0.25) is 0 Å². The molecule has 5 nitrogen and oxygen atoms in total. The first-order valence-corrected chi connectivity index (χ1v) is 6.60. The molecule has 1 heterocycles. The van der Waals surface area contributed by atoms with Gasteiger partial charge >= 0.3 is 0 Å². The van der Waals surface area contributed by atoms with E-state index in [2.05, 4.69) is 50.0 Å². The van der Waals surface area contributed by atoms with E-state index in [1.54, 1.807) is 6.33 Å². The van der Waals surface area contributed by atoms with E-state index in [0.717, 1.165) is 25.5 Å². The Morgan fingerprint density at radius 1 is 1.39 bits per heavy atom. The standard InChI is InChI=1S/C13H26N4O/c1-11(2)8-14-9-12-15-10-17(16-12)6-7-18-13(3,4)5/h10-11,14H,6-9H2,1-5H3. The van der Waals surface area contributed by atoms with Crippen LogP contribution in [0.25, 0.3) is 0 Å². The second kappa shape index (κ2) is 6.85. The van der Waals surface area contributed by atoms with Crippen molar-refractivity contribution in [1.82, 2.24) is 20.1 Å². The van der Waals surface area contributed by atoms with Crippen LogP contribution in [0, 0.1) is 5.92 Å². The predicted molar refractivity (Wildman–Crippen MR) is 72.3 cm³/mol. The van der Waals surface area contributed by atoms with Crippen LogP contribution in [-0.4, -0.2) is 33.5 Å². The maximum absolute atomic E-state index is 5.65. The molecule has 0 amide bonds. The molecule has 104 valence electrons. The Balaban J connectivity index is 2.26. The molecule has 1 aromatic rings. The summed E-state index contributed by atoms with van der Waals surface area (Å²) in [6.45, 7) is 13.6. The summed E-state index contributed by atoms with van der Waals surface area (Å²) >= 11 is 0. The Kier molecular flexibility index (Phi) is 5.75. The zero-order chi connectivity index (χ0) is 13.6. The maximum atomic E-state index is 5.65. The van der Waals surface area contributed by atoms with Gasteiger partial charge in [0.1, 0.15) is 6.33 Å². The number of hydrogen-bond acceptors (Lipinski definition) is 4. The van der Waals surface area contributed by atoms with Crippen LogP contribution in [0.5, 0.6) is 0 Å². The molecule has 0 fully saturated rings. The zero-order valence-electron chi connectivity index (χ0n) is 12.2. The molecule has 1 rings (SSSR count). The molecule has 1 aromatic heterocycles. The van der Waals surface area contributed by atoms with Crippen LogP contribution in [0.3, 0.4) is 0 Å². The number of hydrogen-bond donors (Lipinski definition) is 1. The normalized spacial score (nSPS) is 12.3. The second-order valence-electron chi connectivity index (χ2n) is 5.91. The molecule has 0 unspecified atom stereocenters. The van der Waals surface area contributed by atoms with Gasteiger partial charge in [-0.05, 0) is 33.2 Å². The Bertz CT molecular complexity index is 341. The smallest absolute Gasteiger partial charge is 0.164 e. The number of ether oxygens (including phenoxy) is 1. The molecule has 0 aliphatic heterocycles. The molecule has 0 atom stereocenters. The summed E-state index contributed by atoms with van der Waals surface area (Å²) in [5, 5.41) is 7.71. The monoisotopic (exact) mass is 254 g/mol. The maximum Gasteiger partial charge on any atom is 0.164 e. The lowest BCUT2D eigenvalue weighted by atomic mass is 10.2. The summed E-state index contributed by atoms with van der Waals surface area (Å²) in [6, 6.07) is 0. The number of aromatic nitrogens is 3. The van der Waals surface area contributed by atoms with Gasteiger partial charge in [0, 0.05) is 0 Å². The first kappa shape index (κ1) is 15.1. The van der Waals surface area contributed by atoms with Crippen LogP contribution in [0.1, 0.15) is 40.4 Å². The molecule has 5 heteroatoms. The highest BCUT2D eigenvalue weighted by molar-refractivity contribution is 4.80. The molecule has 18 heavy (non-hydrogen) atoms. The molecule has 1 N–H and O–H groups in total. The zero-order valence-corrected chi connectivity index (χ0v) is 12.2. The lowest BCUT2D eigenvalue weighted by Crippen LogP contribution is -2.22. The lowest BCUT2D eigenvalue weighted by molar-refractivity contribution is -0.00795. The third kappa shape index (κ3) is 6.71. The fraction of sp³-hybridized carbons (Fsp3) is 0.846. The summed E-state index contributed by atoms with van der Waals surface area (Å²) in [7, 11) is 0. The minimum atomic E-state index is -0.0950. The van der Waals surface area contributed by atoms with Crippen LogP contribution < -0.4 is 5.32 Å². The SMILES string of the molecule is CC(C)CNCc1ncn(CCOC(C)(C)C)n1. The Morgan fingerprint density at radius 3 is 2.72 bits per heavy atom.